The van der Waals surface area contributed by atoms with Crippen molar-refractivity contribution in [1.29, 1.82) is 0 Å². The van der Waals surface area contributed by atoms with E-state index >= 15 is 0 Å². The molecule has 0 saturated heterocycles. The van der Waals surface area contributed by atoms with Gasteiger partial charge in [-0.3, -0.25) is 0 Å². The number of benzene rings is 2. The van der Waals surface area contributed by atoms with Gasteiger partial charge in [0.2, 0.25) is 0 Å². The van der Waals surface area contributed by atoms with E-state index in [0.29, 0.717) is 21.5 Å². The Morgan fingerprint density at radius 3 is 2.43 bits per heavy atom. The molecule has 0 N–H and O–H groups in total. The van der Waals surface area contributed by atoms with Crippen molar-refractivity contribution < 1.29 is 14.3 Å². The molecule has 0 radical (unpaired) electrons. The standard InChI is InChI=1S/C16H14Cl2O3/c1-10-3-5-14(11(2)7-10)21-16(19)9-20-15-6-4-12(17)8-13(15)18/h3-8H,9H2,1-2H3. The van der Waals surface area contributed by atoms with Gasteiger partial charge in [0.05, 0.1) is 5.02 Å². The topological polar surface area (TPSA) is 35.5 Å². The summed E-state index contributed by atoms with van der Waals surface area (Å²) in [6.45, 7) is 3.63. The van der Waals surface area contributed by atoms with Crippen molar-refractivity contribution in [3.05, 3.63) is 57.6 Å². The number of aryl methyl sites for hydroxylation is 2. The minimum absolute atomic E-state index is 0.228. The van der Waals surface area contributed by atoms with Crippen LogP contribution in [0.4, 0.5) is 0 Å². The van der Waals surface area contributed by atoms with Gasteiger partial charge in [-0.05, 0) is 43.7 Å². The fourth-order valence-electron chi connectivity index (χ4n) is 1.79. The molecule has 0 saturated carbocycles. The summed E-state index contributed by atoms with van der Waals surface area (Å²) in [5.41, 5.74) is 2.00. The van der Waals surface area contributed by atoms with Crippen LogP contribution in [0.3, 0.4) is 0 Å². The van der Waals surface area contributed by atoms with Crippen LogP contribution in [0.1, 0.15) is 11.1 Å². The number of ether oxygens (including phenoxy) is 2. The lowest BCUT2D eigenvalue weighted by atomic mass is 10.1. The van der Waals surface area contributed by atoms with Crippen LogP contribution in [0.25, 0.3) is 0 Å². The van der Waals surface area contributed by atoms with Gasteiger partial charge in [-0.2, -0.15) is 0 Å². The summed E-state index contributed by atoms with van der Waals surface area (Å²) in [7, 11) is 0. The van der Waals surface area contributed by atoms with Gasteiger partial charge in [-0.25, -0.2) is 4.79 Å². The average molecular weight is 325 g/mol. The first-order valence-corrected chi connectivity index (χ1v) is 7.07. The van der Waals surface area contributed by atoms with Crippen LogP contribution < -0.4 is 9.47 Å². The SMILES string of the molecule is Cc1ccc(OC(=O)COc2ccc(Cl)cc2Cl)c(C)c1. The van der Waals surface area contributed by atoms with E-state index in [1.165, 1.54) is 0 Å². The Morgan fingerprint density at radius 2 is 1.76 bits per heavy atom. The monoisotopic (exact) mass is 324 g/mol. The first-order chi connectivity index (χ1) is 9.95. The Kier molecular flexibility index (Phi) is 5.10. The van der Waals surface area contributed by atoms with Gasteiger partial charge in [0.25, 0.3) is 0 Å². The highest BCUT2D eigenvalue weighted by Gasteiger charge is 2.10. The quantitative estimate of drug-likeness (QED) is 0.609. The number of carbonyl (C=O) groups is 1. The van der Waals surface area contributed by atoms with Crippen molar-refractivity contribution in [2.75, 3.05) is 6.61 Å². The Morgan fingerprint density at radius 1 is 1.05 bits per heavy atom. The summed E-state index contributed by atoms with van der Waals surface area (Å²) in [6, 6.07) is 10.4. The molecule has 0 fully saturated rings. The third-order valence-corrected chi connectivity index (χ3v) is 3.32. The summed E-state index contributed by atoms with van der Waals surface area (Å²) >= 11 is 11.7. The zero-order chi connectivity index (χ0) is 15.4. The summed E-state index contributed by atoms with van der Waals surface area (Å²) in [5.74, 6) is 0.419. The van der Waals surface area contributed by atoms with Gasteiger partial charge in [-0.15, -0.1) is 0 Å². The van der Waals surface area contributed by atoms with Gasteiger partial charge in [0.1, 0.15) is 11.5 Å². The minimum Gasteiger partial charge on any atom is -0.480 e. The van der Waals surface area contributed by atoms with Crippen molar-refractivity contribution in [2.45, 2.75) is 13.8 Å². The second-order valence-electron chi connectivity index (χ2n) is 4.61. The molecule has 2 aromatic rings. The zero-order valence-corrected chi connectivity index (χ0v) is 13.2. The maximum absolute atomic E-state index is 11.8. The highest BCUT2D eigenvalue weighted by molar-refractivity contribution is 6.35. The van der Waals surface area contributed by atoms with Crippen LogP contribution in [0, 0.1) is 13.8 Å². The largest absolute Gasteiger partial charge is 0.480 e. The second kappa shape index (κ2) is 6.83. The molecule has 3 nitrogen and oxygen atoms in total. The fourth-order valence-corrected chi connectivity index (χ4v) is 2.26. The molecule has 0 unspecified atom stereocenters. The Balaban J connectivity index is 1.96. The molecule has 5 heteroatoms. The molecule has 21 heavy (non-hydrogen) atoms. The summed E-state index contributed by atoms with van der Waals surface area (Å²) in [4.78, 5) is 11.8. The molecule has 0 heterocycles. The van der Waals surface area contributed by atoms with E-state index in [-0.39, 0.29) is 6.61 Å². The van der Waals surface area contributed by atoms with Crippen molar-refractivity contribution in [1.82, 2.24) is 0 Å². The number of hydrogen-bond acceptors (Lipinski definition) is 3. The molecule has 0 amide bonds. The van der Waals surface area contributed by atoms with Crippen molar-refractivity contribution in [3.63, 3.8) is 0 Å². The second-order valence-corrected chi connectivity index (χ2v) is 5.45. The molecular weight excluding hydrogens is 311 g/mol. The predicted octanol–water partition coefficient (Wildman–Crippen LogP) is 4.59. The Bertz CT molecular complexity index is 669. The Labute approximate surface area is 133 Å². The molecule has 0 aliphatic heterocycles. The van der Waals surface area contributed by atoms with E-state index < -0.39 is 5.97 Å². The van der Waals surface area contributed by atoms with E-state index in [4.69, 9.17) is 32.7 Å². The van der Waals surface area contributed by atoms with E-state index in [9.17, 15) is 4.79 Å². The van der Waals surface area contributed by atoms with Gasteiger partial charge < -0.3 is 9.47 Å². The predicted molar refractivity (Wildman–Crippen MR) is 83.5 cm³/mol. The highest BCUT2D eigenvalue weighted by atomic mass is 35.5. The molecule has 0 aliphatic rings. The molecular formula is C16H14Cl2O3. The molecule has 110 valence electrons. The lowest BCUT2D eigenvalue weighted by Gasteiger charge is -2.10. The van der Waals surface area contributed by atoms with Crippen LogP contribution in [-0.4, -0.2) is 12.6 Å². The normalized spacial score (nSPS) is 10.3. The first-order valence-electron chi connectivity index (χ1n) is 6.31. The van der Waals surface area contributed by atoms with E-state index in [1.807, 2.05) is 26.0 Å². The number of halogens is 2. The van der Waals surface area contributed by atoms with Crippen LogP contribution in [0.5, 0.6) is 11.5 Å². The fraction of sp³-hybridized carbons (Fsp3) is 0.188. The summed E-state index contributed by atoms with van der Waals surface area (Å²) < 4.78 is 10.6. The van der Waals surface area contributed by atoms with Crippen LogP contribution in [0.15, 0.2) is 36.4 Å². The van der Waals surface area contributed by atoms with Crippen molar-refractivity contribution in [2.24, 2.45) is 0 Å². The maximum atomic E-state index is 11.8. The number of carbonyl (C=O) groups excluding carboxylic acids is 1. The number of rotatable bonds is 4. The van der Waals surface area contributed by atoms with Crippen LogP contribution in [-0.2, 0) is 4.79 Å². The molecule has 0 aromatic heterocycles. The van der Waals surface area contributed by atoms with Crippen molar-refractivity contribution >= 4 is 29.2 Å². The highest BCUT2D eigenvalue weighted by Crippen LogP contribution is 2.27. The van der Waals surface area contributed by atoms with E-state index in [0.717, 1.165) is 11.1 Å². The smallest absolute Gasteiger partial charge is 0.349 e. The average Bonchev–Trinajstić information content (AvgIpc) is 2.41. The third kappa shape index (κ3) is 4.38. The van der Waals surface area contributed by atoms with Gasteiger partial charge in [-0.1, -0.05) is 40.9 Å². The molecule has 0 atom stereocenters. The third-order valence-electron chi connectivity index (χ3n) is 2.79. The van der Waals surface area contributed by atoms with Crippen LogP contribution >= 0.6 is 23.2 Å². The minimum atomic E-state index is -0.493. The van der Waals surface area contributed by atoms with Gasteiger partial charge in [0.15, 0.2) is 6.61 Å². The van der Waals surface area contributed by atoms with Crippen molar-refractivity contribution in [3.8, 4) is 11.5 Å². The Hall–Kier alpha value is -1.71. The van der Waals surface area contributed by atoms with Gasteiger partial charge in [0, 0.05) is 5.02 Å². The lowest BCUT2D eigenvalue weighted by molar-refractivity contribution is -0.136. The van der Waals surface area contributed by atoms with Crippen LogP contribution in [0.2, 0.25) is 10.0 Å². The molecule has 0 aliphatic carbocycles. The lowest BCUT2D eigenvalue weighted by Crippen LogP contribution is -2.18. The zero-order valence-electron chi connectivity index (χ0n) is 11.7. The number of hydrogen-bond donors (Lipinski definition) is 0. The maximum Gasteiger partial charge on any atom is 0.349 e. The molecule has 2 rings (SSSR count). The molecule has 0 spiro atoms. The number of esters is 1. The summed E-state index contributed by atoms with van der Waals surface area (Å²) in [5, 5.41) is 0.854. The molecule has 0 bridgehead atoms. The summed E-state index contributed by atoms with van der Waals surface area (Å²) in [6.07, 6.45) is 0. The van der Waals surface area contributed by atoms with E-state index in [2.05, 4.69) is 0 Å². The van der Waals surface area contributed by atoms with E-state index in [1.54, 1.807) is 24.3 Å². The molecule has 2 aromatic carbocycles. The first kappa shape index (κ1) is 15.7. The van der Waals surface area contributed by atoms with Gasteiger partial charge >= 0.3 is 5.97 Å².